The molecule has 20 heavy (non-hydrogen) atoms. The van der Waals surface area contributed by atoms with E-state index in [1.165, 1.54) is 6.07 Å². The van der Waals surface area contributed by atoms with E-state index in [0.29, 0.717) is 30.0 Å². The van der Waals surface area contributed by atoms with Gasteiger partial charge in [0.1, 0.15) is 5.82 Å². The number of aliphatic hydroxyl groups excluding tert-OH is 1. The number of nitrogens with one attached hydrogen (secondary N) is 1. The third kappa shape index (κ3) is 2.14. The Bertz CT molecular complexity index is 554. The summed E-state index contributed by atoms with van der Waals surface area (Å²) in [5, 5.41) is 12.2. The lowest BCUT2D eigenvalue weighted by atomic mass is 10.1. The molecule has 0 aromatic heterocycles. The van der Waals surface area contributed by atoms with Crippen LogP contribution in [-0.2, 0) is 9.53 Å². The van der Waals surface area contributed by atoms with Crippen molar-refractivity contribution >= 4 is 17.3 Å². The van der Waals surface area contributed by atoms with E-state index in [2.05, 4.69) is 5.32 Å². The van der Waals surface area contributed by atoms with Gasteiger partial charge in [-0.3, -0.25) is 4.79 Å². The zero-order valence-corrected chi connectivity index (χ0v) is 11.4. The SMILES string of the molecule is C[C@@H]1CN(c2cc3c(cc2F)C(O)C(=O)N3)C[C@H](C)O1. The van der Waals surface area contributed by atoms with E-state index < -0.39 is 17.8 Å². The highest BCUT2D eigenvalue weighted by Gasteiger charge is 2.32. The normalized spacial score (nSPS) is 29.3. The minimum absolute atomic E-state index is 0.0200. The van der Waals surface area contributed by atoms with Crippen molar-refractivity contribution in [2.75, 3.05) is 23.3 Å². The summed E-state index contributed by atoms with van der Waals surface area (Å²) in [6.07, 6.45) is -1.24. The van der Waals surface area contributed by atoms with Crippen molar-refractivity contribution in [3.63, 3.8) is 0 Å². The fourth-order valence-corrected chi connectivity index (χ4v) is 2.87. The second-order valence-electron chi connectivity index (χ2n) is 5.44. The lowest BCUT2D eigenvalue weighted by Gasteiger charge is -2.37. The van der Waals surface area contributed by atoms with E-state index in [1.807, 2.05) is 18.7 Å². The van der Waals surface area contributed by atoms with Gasteiger partial charge < -0.3 is 20.1 Å². The van der Waals surface area contributed by atoms with Gasteiger partial charge in [-0.1, -0.05) is 0 Å². The van der Waals surface area contributed by atoms with E-state index in [0.717, 1.165) is 0 Å². The maximum atomic E-state index is 14.3. The highest BCUT2D eigenvalue weighted by atomic mass is 19.1. The number of carbonyl (C=O) groups excluding carboxylic acids is 1. The number of hydrogen-bond donors (Lipinski definition) is 2. The van der Waals surface area contributed by atoms with Crippen molar-refractivity contribution < 1.29 is 19.0 Å². The molecule has 2 aliphatic heterocycles. The van der Waals surface area contributed by atoms with Crippen LogP contribution < -0.4 is 10.2 Å². The number of halogens is 1. The predicted octanol–water partition coefficient (Wildman–Crippen LogP) is 1.42. The van der Waals surface area contributed by atoms with Crippen molar-refractivity contribution in [2.45, 2.75) is 32.2 Å². The molecule has 0 bridgehead atoms. The quantitative estimate of drug-likeness (QED) is 0.817. The number of ether oxygens (including phenoxy) is 1. The van der Waals surface area contributed by atoms with Gasteiger partial charge in [0, 0.05) is 24.3 Å². The molecule has 5 nitrogen and oxygen atoms in total. The molecule has 6 heteroatoms. The van der Waals surface area contributed by atoms with E-state index in [4.69, 9.17) is 4.74 Å². The van der Waals surface area contributed by atoms with Crippen LogP contribution in [0.5, 0.6) is 0 Å². The fourth-order valence-electron chi connectivity index (χ4n) is 2.87. The number of nitrogens with zero attached hydrogens (tertiary/aromatic N) is 1. The lowest BCUT2D eigenvalue weighted by Crippen LogP contribution is -2.45. The average Bonchev–Trinajstić information content (AvgIpc) is 2.63. The smallest absolute Gasteiger partial charge is 0.257 e. The number of hydrogen-bond acceptors (Lipinski definition) is 4. The highest BCUT2D eigenvalue weighted by molar-refractivity contribution is 6.02. The second-order valence-corrected chi connectivity index (χ2v) is 5.44. The first-order valence-corrected chi connectivity index (χ1v) is 6.68. The summed E-state index contributed by atoms with van der Waals surface area (Å²) in [7, 11) is 0. The standard InChI is InChI=1S/C14H17FN2O3/c1-7-5-17(6-8(2)20-7)12-4-11-9(3-10(12)15)13(18)14(19)16-11/h3-4,7-8,13,18H,5-6H2,1-2H3,(H,16,19)/t7-,8+,13?. The van der Waals surface area contributed by atoms with Crippen LogP contribution in [0.15, 0.2) is 12.1 Å². The topological polar surface area (TPSA) is 61.8 Å². The van der Waals surface area contributed by atoms with Crippen molar-refractivity contribution in [2.24, 2.45) is 0 Å². The molecular formula is C14H17FN2O3. The Kier molecular flexibility index (Phi) is 3.14. The molecular weight excluding hydrogens is 263 g/mol. The van der Waals surface area contributed by atoms with Gasteiger partial charge in [0.15, 0.2) is 6.10 Å². The number of anilines is 2. The fraction of sp³-hybridized carbons (Fsp3) is 0.500. The molecule has 3 rings (SSSR count). The van der Waals surface area contributed by atoms with Gasteiger partial charge in [0.2, 0.25) is 0 Å². The number of fused-ring (bicyclic) bond motifs is 1. The molecule has 108 valence electrons. The van der Waals surface area contributed by atoms with Gasteiger partial charge in [-0.05, 0) is 26.0 Å². The number of aliphatic hydroxyl groups is 1. The zero-order chi connectivity index (χ0) is 14.4. The van der Waals surface area contributed by atoms with E-state index in [9.17, 15) is 14.3 Å². The Morgan fingerprint density at radius 3 is 2.65 bits per heavy atom. The molecule has 0 aliphatic carbocycles. The molecule has 2 N–H and O–H groups in total. The largest absolute Gasteiger partial charge is 0.378 e. The Balaban J connectivity index is 1.95. The lowest BCUT2D eigenvalue weighted by molar-refractivity contribution is -0.123. The molecule has 3 atom stereocenters. The molecule has 2 aliphatic rings. The number of amides is 1. The summed E-state index contributed by atoms with van der Waals surface area (Å²) in [5.41, 5.74) is 1.21. The summed E-state index contributed by atoms with van der Waals surface area (Å²) in [6.45, 7) is 5.08. The van der Waals surface area contributed by atoms with E-state index >= 15 is 0 Å². The van der Waals surface area contributed by atoms with Crippen LogP contribution in [-0.4, -0.2) is 36.3 Å². The first-order chi connectivity index (χ1) is 9.45. The summed E-state index contributed by atoms with van der Waals surface area (Å²) in [4.78, 5) is 13.3. The number of benzene rings is 1. The Labute approximate surface area is 116 Å². The molecule has 1 amide bonds. The molecule has 1 unspecified atom stereocenters. The number of morpholine rings is 1. The van der Waals surface area contributed by atoms with Crippen LogP contribution in [0.4, 0.5) is 15.8 Å². The minimum Gasteiger partial charge on any atom is -0.378 e. The van der Waals surface area contributed by atoms with Gasteiger partial charge in [-0.25, -0.2) is 4.39 Å². The molecule has 0 saturated carbocycles. The van der Waals surface area contributed by atoms with Crippen molar-refractivity contribution in [3.05, 3.63) is 23.5 Å². The van der Waals surface area contributed by atoms with Crippen molar-refractivity contribution in [3.8, 4) is 0 Å². The molecule has 2 heterocycles. The second kappa shape index (κ2) is 4.71. The Hall–Kier alpha value is -1.66. The zero-order valence-electron chi connectivity index (χ0n) is 11.4. The third-order valence-corrected chi connectivity index (χ3v) is 3.68. The summed E-state index contributed by atoms with van der Waals surface area (Å²) in [5.74, 6) is -0.944. The summed E-state index contributed by atoms with van der Waals surface area (Å²) >= 11 is 0. The summed E-state index contributed by atoms with van der Waals surface area (Å²) < 4.78 is 19.9. The van der Waals surface area contributed by atoms with Crippen LogP contribution in [0.25, 0.3) is 0 Å². The van der Waals surface area contributed by atoms with Crippen LogP contribution >= 0.6 is 0 Å². The van der Waals surface area contributed by atoms with E-state index in [1.54, 1.807) is 6.07 Å². The van der Waals surface area contributed by atoms with Crippen molar-refractivity contribution in [1.29, 1.82) is 0 Å². The molecule has 0 radical (unpaired) electrons. The van der Waals surface area contributed by atoms with Crippen LogP contribution in [0, 0.1) is 5.82 Å². The van der Waals surface area contributed by atoms with Crippen LogP contribution in [0.2, 0.25) is 0 Å². The highest BCUT2D eigenvalue weighted by Crippen LogP contribution is 2.36. The predicted molar refractivity (Wildman–Crippen MR) is 72.2 cm³/mol. The molecule has 1 saturated heterocycles. The van der Waals surface area contributed by atoms with E-state index in [-0.39, 0.29) is 12.2 Å². The summed E-state index contributed by atoms with van der Waals surface area (Å²) in [6, 6.07) is 2.82. The first kappa shape index (κ1) is 13.3. The maximum absolute atomic E-state index is 14.3. The van der Waals surface area contributed by atoms with Crippen LogP contribution in [0.3, 0.4) is 0 Å². The molecule has 1 aromatic carbocycles. The minimum atomic E-state index is -1.28. The van der Waals surface area contributed by atoms with Gasteiger partial charge in [-0.2, -0.15) is 0 Å². The molecule has 0 spiro atoms. The number of rotatable bonds is 1. The monoisotopic (exact) mass is 280 g/mol. The Morgan fingerprint density at radius 1 is 1.35 bits per heavy atom. The average molecular weight is 280 g/mol. The molecule has 1 fully saturated rings. The third-order valence-electron chi connectivity index (χ3n) is 3.68. The van der Waals surface area contributed by atoms with Gasteiger partial charge in [0.25, 0.3) is 5.91 Å². The first-order valence-electron chi connectivity index (χ1n) is 6.68. The van der Waals surface area contributed by atoms with Crippen molar-refractivity contribution in [1.82, 2.24) is 0 Å². The van der Waals surface area contributed by atoms with Gasteiger partial charge in [-0.15, -0.1) is 0 Å². The van der Waals surface area contributed by atoms with Crippen LogP contribution in [0.1, 0.15) is 25.5 Å². The maximum Gasteiger partial charge on any atom is 0.257 e. The van der Waals surface area contributed by atoms with Gasteiger partial charge >= 0.3 is 0 Å². The number of carbonyl (C=O) groups is 1. The Morgan fingerprint density at radius 2 is 2.00 bits per heavy atom. The molecule has 1 aromatic rings. The van der Waals surface area contributed by atoms with Gasteiger partial charge in [0.05, 0.1) is 17.9 Å².